The lowest BCUT2D eigenvalue weighted by Crippen LogP contribution is -2.40. The normalized spacial score (nSPS) is 19.1. The van der Waals surface area contributed by atoms with E-state index in [4.69, 9.17) is 11.6 Å². The Balaban J connectivity index is 1.84. The summed E-state index contributed by atoms with van der Waals surface area (Å²) in [4.78, 5) is 24.7. The molecule has 0 aromatic carbocycles. The van der Waals surface area contributed by atoms with Crippen LogP contribution in [0.4, 0.5) is 13.2 Å². The molecule has 1 saturated heterocycles. The Labute approximate surface area is 127 Å². The van der Waals surface area contributed by atoms with Crippen LogP contribution < -0.4 is 5.32 Å². The van der Waals surface area contributed by atoms with E-state index >= 15 is 0 Å². The Kier molecular flexibility index (Phi) is 4.77. The number of carbonyl (C=O) groups is 2. The van der Waals surface area contributed by atoms with Crippen molar-refractivity contribution in [2.45, 2.75) is 25.1 Å². The maximum atomic E-state index is 12.3. The summed E-state index contributed by atoms with van der Waals surface area (Å²) in [5.41, 5.74) is 0. The zero-order valence-corrected chi connectivity index (χ0v) is 12.3. The molecule has 4 nitrogen and oxygen atoms in total. The van der Waals surface area contributed by atoms with Gasteiger partial charge in [-0.25, -0.2) is 0 Å². The standard InChI is InChI=1S/C12H12ClF3N2O2S/c13-9-2-1-8(21-9)4-10(19)17-7-3-11(20)18(5-7)6-12(14,15)16/h1-2,7H,3-6H2,(H,17,19). The van der Waals surface area contributed by atoms with Crippen LogP contribution in [0.5, 0.6) is 0 Å². The van der Waals surface area contributed by atoms with Crippen molar-refractivity contribution >= 4 is 34.8 Å². The predicted octanol–water partition coefficient (Wildman–Crippen LogP) is 2.22. The summed E-state index contributed by atoms with van der Waals surface area (Å²) in [6.07, 6.45) is -4.43. The van der Waals surface area contributed by atoms with Crippen molar-refractivity contribution in [3.05, 3.63) is 21.3 Å². The smallest absolute Gasteiger partial charge is 0.351 e. The molecule has 0 saturated carbocycles. The van der Waals surface area contributed by atoms with Gasteiger partial charge in [0.25, 0.3) is 0 Å². The zero-order chi connectivity index (χ0) is 15.6. The van der Waals surface area contributed by atoms with Crippen LogP contribution in [0.3, 0.4) is 0 Å². The average molecular weight is 341 g/mol. The van der Waals surface area contributed by atoms with Crippen LogP contribution in [0.25, 0.3) is 0 Å². The van der Waals surface area contributed by atoms with Crippen LogP contribution in [-0.2, 0) is 16.0 Å². The predicted molar refractivity (Wildman–Crippen MR) is 72.2 cm³/mol. The second kappa shape index (κ2) is 6.23. The van der Waals surface area contributed by atoms with Crippen molar-refractivity contribution in [3.8, 4) is 0 Å². The van der Waals surface area contributed by atoms with Crippen LogP contribution in [0.2, 0.25) is 4.34 Å². The molecular weight excluding hydrogens is 329 g/mol. The molecule has 0 aliphatic carbocycles. The molecule has 9 heteroatoms. The molecule has 1 aliphatic rings. The molecule has 2 rings (SSSR count). The van der Waals surface area contributed by atoms with Crippen LogP contribution in [0, 0.1) is 0 Å². The topological polar surface area (TPSA) is 49.4 Å². The summed E-state index contributed by atoms with van der Waals surface area (Å²) in [5.74, 6) is -0.933. The maximum absolute atomic E-state index is 12.3. The molecule has 116 valence electrons. The van der Waals surface area contributed by atoms with E-state index < -0.39 is 24.7 Å². The monoisotopic (exact) mass is 340 g/mol. The van der Waals surface area contributed by atoms with Gasteiger partial charge in [0.1, 0.15) is 6.54 Å². The second-order valence-corrected chi connectivity index (χ2v) is 6.54. The summed E-state index contributed by atoms with van der Waals surface area (Å²) in [7, 11) is 0. The first-order valence-electron chi connectivity index (χ1n) is 6.11. The van der Waals surface area contributed by atoms with Crippen molar-refractivity contribution in [1.29, 1.82) is 0 Å². The highest BCUT2D eigenvalue weighted by Crippen LogP contribution is 2.23. The fraction of sp³-hybridized carbons (Fsp3) is 0.500. The third-order valence-corrected chi connectivity index (χ3v) is 4.14. The number of nitrogens with zero attached hydrogens (tertiary/aromatic N) is 1. The maximum Gasteiger partial charge on any atom is 0.406 e. The van der Waals surface area contributed by atoms with Crippen LogP contribution >= 0.6 is 22.9 Å². The van der Waals surface area contributed by atoms with Gasteiger partial charge in [-0.3, -0.25) is 9.59 Å². The van der Waals surface area contributed by atoms with E-state index in [2.05, 4.69) is 5.32 Å². The first-order chi connectivity index (χ1) is 9.73. The van der Waals surface area contributed by atoms with Gasteiger partial charge in [0.2, 0.25) is 11.8 Å². The summed E-state index contributed by atoms with van der Waals surface area (Å²) in [6.45, 7) is -1.39. The quantitative estimate of drug-likeness (QED) is 0.913. The molecular formula is C12H12ClF3N2O2S. The highest BCUT2D eigenvalue weighted by Gasteiger charge is 2.38. The summed E-state index contributed by atoms with van der Waals surface area (Å²) < 4.78 is 37.4. The van der Waals surface area contributed by atoms with Gasteiger partial charge in [0.05, 0.1) is 16.8 Å². The second-order valence-electron chi connectivity index (χ2n) is 4.74. The first-order valence-corrected chi connectivity index (χ1v) is 7.30. The molecule has 0 spiro atoms. The van der Waals surface area contributed by atoms with E-state index in [9.17, 15) is 22.8 Å². The molecule has 0 radical (unpaired) electrons. The van der Waals surface area contributed by atoms with Gasteiger partial charge in [0.15, 0.2) is 0 Å². The van der Waals surface area contributed by atoms with Gasteiger partial charge in [-0.2, -0.15) is 13.2 Å². The number of alkyl halides is 3. The van der Waals surface area contributed by atoms with Crippen molar-refractivity contribution in [3.63, 3.8) is 0 Å². The van der Waals surface area contributed by atoms with E-state index in [0.29, 0.717) is 9.24 Å². The third kappa shape index (κ3) is 4.89. The zero-order valence-electron chi connectivity index (χ0n) is 10.7. The summed E-state index contributed by atoms with van der Waals surface area (Å²) >= 11 is 7.00. The Bertz CT molecular complexity index is 547. The Morgan fingerprint density at radius 3 is 2.76 bits per heavy atom. The molecule has 2 heterocycles. The number of carbonyl (C=O) groups excluding carboxylic acids is 2. The van der Waals surface area contributed by atoms with Crippen LogP contribution in [-0.4, -0.2) is 42.0 Å². The Morgan fingerprint density at radius 1 is 1.48 bits per heavy atom. The molecule has 1 N–H and O–H groups in total. The molecule has 1 aromatic heterocycles. The van der Waals surface area contributed by atoms with Gasteiger partial charge in [0, 0.05) is 17.8 Å². The lowest BCUT2D eigenvalue weighted by molar-refractivity contribution is -0.157. The van der Waals surface area contributed by atoms with Gasteiger partial charge in [-0.05, 0) is 12.1 Å². The van der Waals surface area contributed by atoms with E-state index in [1.807, 2.05) is 0 Å². The number of hydrogen-bond donors (Lipinski definition) is 1. The van der Waals surface area contributed by atoms with Gasteiger partial charge >= 0.3 is 6.18 Å². The molecule has 0 bridgehead atoms. The Morgan fingerprint density at radius 2 is 2.19 bits per heavy atom. The first kappa shape index (κ1) is 16.1. The SMILES string of the molecule is O=C(Cc1ccc(Cl)s1)NC1CC(=O)N(CC(F)(F)F)C1. The van der Waals surface area contributed by atoms with Crippen molar-refractivity contribution in [2.75, 3.05) is 13.1 Å². The molecule has 1 aromatic rings. The lowest BCUT2D eigenvalue weighted by Gasteiger charge is -2.18. The third-order valence-electron chi connectivity index (χ3n) is 2.91. The largest absolute Gasteiger partial charge is 0.406 e. The summed E-state index contributed by atoms with van der Waals surface area (Å²) in [6, 6.07) is 2.80. The Hall–Kier alpha value is -1.28. The molecule has 1 atom stereocenters. The molecule has 1 fully saturated rings. The number of hydrogen-bond acceptors (Lipinski definition) is 3. The van der Waals surface area contributed by atoms with E-state index in [1.165, 1.54) is 11.3 Å². The number of thiophene rings is 1. The minimum Gasteiger partial charge on any atom is -0.351 e. The fourth-order valence-electron chi connectivity index (χ4n) is 2.12. The summed E-state index contributed by atoms with van der Waals surface area (Å²) in [5, 5.41) is 2.58. The molecule has 2 amide bonds. The lowest BCUT2D eigenvalue weighted by atomic mass is 10.2. The van der Waals surface area contributed by atoms with E-state index in [-0.39, 0.29) is 25.3 Å². The minimum absolute atomic E-state index is 0.0986. The molecule has 1 unspecified atom stereocenters. The van der Waals surface area contributed by atoms with E-state index in [0.717, 1.165) is 4.88 Å². The average Bonchev–Trinajstić information content (AvgIpc) is 2.84. The highest BCUT2D eigenvalue weighted by atomic mass is 35.5. The van der Waals surface area contributed by atoms with Gasteiger partial charge in [-0.1, -0.05) is 11.6 Å². The minimum atomic E-state index is -4.43. The number of halogens is 4. The number of likely N-dealkylation sites (tertiary alicyclic amines) is 1. The van der Waals surface area contributed by atoms with Crippen molar-refractivity contribution in [1.82, 2.24) is 10.2 Å². The van der Waals surface area contributed by atoms with Crippen LogP contribution in [0.1, 0.15) is 11.3 Å². The fourth-order valence-corrected chi connectivity index (χ4v) is 3.21. The number of nitrogens with one attached hydrogen (secondary N) is 1. The number of rotatable bonds is 4. The van der Waals surface area contributed by atoms with E-state index in [1.54, 1.807) is 12.1 Å². The van der Waals surface area contributed by atoms with Crippen molar-refractivity contribution in [2.24, 2.45) is 0 Å². The number of amides is 2. The molecule has 1 aliphatic heterocycles. The van der Waals surface area contributed by atoms with Gasteiger partial charge < -0.3 is 10.2 Å². The highest BCUT2D eigenvalue weighted by molar-refractivity contribution is 7.16. The molecule has 21 heavy (non-hydrogen) atoms. The van der Waals surface area contributed by atoms with Crippen molar-refractivity contribution < 1.29 is 22.8 Å². The van der Waals surface area contributed by atoms with Crippen LogP contribution in [0.15, 0.2) is 12.1 Å². The van der Waals surface area contributed by atoms with Gasteiger partial charge in [-0.15, -0.1) is 11.3 Å².